The topological polar surface area (TPSA) is 81.1 Å². The first kappa shape index (κ1) is 16.2. The van der Waals surface area contributed by atoms with Crippen LogP contribution in [0.25, 0.3) is 16.6 Å². The van der Waals surface area contributed by atoms with Crippen molar-refractivity contribution in [3.05, 3.63) is 64.2 Å². The number of benzene rings is 2. The van der Waals surface area contributed by atoms with Gasteiger partial charge >= 0.3 is 0 Å². The van der Waals surface area contributed by atoms with Gasteiger partial charge < -0.3 is 0 Å². The van der Waals surface area contributed by atoms with Gasteiger partial charge in [0.05, 0.1) is 22.8 Å². The Kier molecular flexibility index (Phi) is 3.88. The lowest BCUT2D eigenvalue weighted by Gasteiger charge is -2.12. The predicted molar refractivity (Wildman–Crippen MR) is 95.3 cm³/mol. The second kappa shape index (κ2) is 5.76. The second-order valence-electron chi connectivity index (χ2n) is 5.74. The molecular formula is C17H17N3O3S. The molecule has 1 heterocycles. The summed E-state index contributed by atoms with van der Waals surface area (Å²) in [4.78, 5) is 17.4. The number of aryl methyl sites for hydroxylation is 2. The van der Waals surface area contributed by atoms with E-state index in [1.54, 1.807) is 19.1 Å². The highest BCUT2D eigenvalue weighted by molar-refractivity contribution is 7.92. The van der Waals surface area contributed by atoms with Gasteiger partial charge in [-0.2, -0.15) is 0 Å². The molecule has 124 valence electrons. The molecule has 0 radical (unpaired) electrons. The summed E-state index contributed by atoms with van der Waals surface area (Å²) < 4.78 is 26.7. The molecule has 1 N–H and O–H groups in total. The largest absolute Gasteiger partial charge is 0.284 e. The molecule has 2 aromatic carbocycles. The minimum atomic E-state index is -3.41. The van der Waals surface area contributed by atoms with Crippen molar-refractivity contribution in [3.63, 3.8) is 0 Å². The first-order chi connectivity index (χ1) is 11.2. The predicted octanol–water partition coefficient (Wildman–Crippen LogP) is 2.37. The molecule has 6 nitrogen and oxygen atoms in total. The Morgan fingerprint density at radius 2 is 1.71 bits per heavy atom. The monoisotopic (exact) mass is 343 g/mol. The van der Waals surface area contributed by atoms with Crippen LogP contribution in [0.15, 0.2) is 47.3 Å². The zero-order valence-corrected chi connectivity index (χ0v) is 14.4. The number of hydrogen-bond acceptors (Lipinski definition) is 4. The minimum Gasteiger partial charge on any atom is -0.284 e. The van der Waals surface area contributed by atoms with E-state index in [0.29, 0.717) is 22.4 Å². The van der Waals surface area contributed by atoms with Crippen LogP contribution in [-0.4, -0.2) is 24.2 Å². The lowest BCUT2D eigenvalue weighted by molar-refractivity contribution is 0.607. The molecule has 0 spiro atoms. The maximum Gasteiger partial charge on any atom is 0.266 e. The van der Waals surface area contributed by atoms with Gasteiger partial charge in [-0.1, -0.05) is 17.7 Å². The summed E-state index contributed by atoms with van der Waals surface area (Å²) in [6.45, 7) is 3.74. The maximum atomic E-state index is 12.9. The van der Waals surface area contributed by atoms with E-state index in [2.05, 4.69) is 9.71 Å². The first-order valence-electron chi connectivity index (χ1n) is 7.33. The van der Waals surface area contributed by atoms with E-state index >= 15 is 0 Å². The van der Waals surface area contributed by atoms with Crippen molar-refractivity contribution < 1.29 is 8.42 Å². The molecular weight excluding hydrogens is 326 g/mol. The molecule has 0 amide bonds. The fourth-order valence-electron chi connectivity index (χ4n) is 2.57. The van der Waals surface area contributed by atoms with Crippen LogP contribution >= 0.6 is 0 Å². The third-order valence-electron chi connectivity index (χ3n) is 3.63. The van der Waals surface area contributed by atoms with Crippen LogP contribution in [0.3, 0.4) is 0 Å². The Balaban J connectivity index is 2.24. The molecule has 7 heteroatoms. The third kappa shape index (κ3) is 3.16. The average molecular weight is 343 g/mol. The summed E-state index contributed by atoms with van der Waals surface area (Å²) in [5, 5.41) is 0.356. The Bertz CT molecular complexity index is 1080. The van der Waals surface area contributed by atoms with E-state index in [1.165, 1.54) is 10.6 Å². The number of sulfonamides is 1. The van der Waals surface area contributed by atoms with E-state index in [1.807, 2.05) is 31.2 Å². The zero-order chi connectivity index (χ0) is 17.5. The van der Waals surface area contributed by atoms with Crippen molar-refractivity contribution in [1.82, 2.24) is 9.55 Å². The molecule has 0 saturated carbocycles. The highest BCUT2D eigenvalue weighted by atomic mass is 32.2. The van der Waals surface area contributed by atoms with Crippen molar-refractivity contribution >= 4 is 26.6 Å². The van der Waals surface area contributed by atoms with Gasteiger partial charge in [0.1, 0.15) is 5.82 Å². The quantitative estimate of drug-likeness (QED) is 0.792. The van der Waals surface area contributed by atoms with Gasteiger partial charge in [0.15, 0.2) is 0 Å². The summed E-state index contributed by atoms with van der Waals surface area (Å²) in [7, 11) is -3.41. The molecule has 1 aromatic heterocycles. The zero-order valence-electron chi connectivity index (χ0n) is 13.6. The maximum absolute atomic E-state index is 12.9. The summed E-state index contributed by atoms with van der Waals surface area (Å²) in [5.74, 6) is 0.570. The molecule has 0 fully saturated rings. The van der Waals surface area contributed by atoms with Crippen LogP contribution in [-0.2, 0) is 10.0 Å². The Morgan fingerprint density at radius 3 is 2.33 bits per heavy atom. The molecule has 0 aliphatic heterocycles. The number of nitrogens with zero attached hydrogens (tertiary/aromatic N) is 2. The smallest absolute Gasteiger partial charge is 0.266 e. The molecule has 0 bridgehead atoms. The SMILES string of the molecule is Cc1ccc(-n2c(C)nc3ccc(NS(C)(=O)=O)cc3c2=O)cc1. The second-order valence-corrected chi connectivity index (χ2v) is 7.49. The highest BCUT2D eigenvalue weighted by Gasteiger charge is 2.11. The van der Waals surface area contributed by atoms with Gasteiger partial charge in [-0.05, 0) is 44.2 Å². The highest BCUT2D eigenvalue weighted by Crippen LogP contribution is 2.18. The van der Waals surface area contributed by atoms with Crippen molar-refractivity contribution in [3.8, 4) is 5.69 Å². The summed E-state index contributed by atoms with van der Waals surface area (Å²) in [6.07, 6.45) is 1.06. The van der Waals surface area contributed by atoms with Crippen molar-refractivity contribution in [2.45, 2.75) is 13.8 Å². The van der Waals surface area contributed by atoms with E-state index in [-0.39, 0.29) is 5.56 Å². The van der Waals surface area contributed by atoms with Crippen molar-refractivity contribution in [1.29, 1.82) is 0 Å². The normalized spacial score (nSPS) is 11.6. The minimum absolute atomic E-state index is 0.237. The van der Waals surface area contributed by atoms with Crippen LogP contribution in [0.2, 0.25) is 0 Å². The standard InChI is InChI=1S/C17H17N3O3S/c1-11-4-7-14(8-5-11)20-12(2)18-16-9-6-13(19-24(3,22)23)10-15(16)17(20)21/h4-10,19H,1-3H3. The van der Waals surface area contributed by atoms with Gasteiger partial charge in [-0.25, -0.2) is 13.4 Å². The number of aromatic nitrogens is 2. The third-order valence-corrected chi connectivity index (χ3v) is 4.24. The van der Waals surface area contributed by atoms with Crippen LogP contribution in [0.5, 0.6) is 0 Å². The summed E-state index contributed by atoms with van der Waals surface area (Å²) in [6, 6.07) is 12.3. The molecule has 3 rings (SSSR count). The van der Waals surface area contributed by atoms with E-state index < -0.39 is 10.0 Å². The lowest BCUT2D eigenvalue weighted by atomic mass is 10.2. The molecule has 0 aliphatic rings. The van der Waals surface area contributed by atoms with Crippen LogP contribution < -0.4 is 10.3 Å². The van der Waals surface area contributed by atoms with Gasteiger partial charge in [-0.3, -0.25) is 14.1 Å². The van der Waals surface area contributed by atoms with Gasteiger partial charge in [-0.15, -0.1) is 0 Å². The van der Waals surface area contributed by atoms with Crippen molar-refractivity contribution in [2.24, 2.45) is 0 Å². The van der Waals surface area contributed by atoms with Gasteiger partial charge in [0.25, 0.3) is 5.56 Å². The molecule has 0 atom stereocenters. The summed E-state index contributed by atoms with van der Waals surface area (Å²) >= 11 is 0. The average Bonchev–Trinajstić information content (AvgIpc) is 2.48. The molecule has 0 unspecified atom stereocenters. The number of rotatable bonds is 3. The number of nitrogens with one attached hydrogen (secondary N) is 1. The van der Waals surface area contributed by atoms with E-state index in [4.69, 9.17) is 0 Å². The fourth-order valence-corrected chi connectivity index (χ4v) is 3.13. The molecule has 0 saturated heterocycles. The Hall–Kier alpha value is -2.67. The first-order valence-corrected chi connectivity index (χ1v) is 9.22. The Labute approximate surface area is 139 Å². The molecule has 0 aliphatic carbocycles. The lowest BCUT2D eigenvalue weighted by Crippen LogP contribution is -2.22. The van der Waals surface area contributed by atoms with Crippen molar-refractivity contribution in [2.75, 3.05) is 11.0 Å². The number of anilines is 1. The summed E-state index contributed by atoms with van der Waals surface area (Å²) in [5.41, 5.74) is 2.44. The number of hydrogen-bond donors (Lipinski definition) is 1. The molecule has 3 aromatic rings. The Morgan fingerprint density at radius 1 is 1.04 bits per heavy atom. The van der Waals surface area contributed by atoms with Gasteiger partial charge in [0, 0.05) is 5.69 Å². The van der Waals surface area contributed by atoms with E-state index in [9.17, 15) is 13.2 Å². The van der Waals surface area contributed by atoms with Gasteiger partial charge in [0.2, 0.25) is 10.0 Å². The van der Waals surface area contributed by atoms with Crippen LogP contribution in [0.4, 0.5) is 5.69 Å². The number of fused-ring (bicyclic) bond motifs is 1. The molecule has 24 heavy (non-hydrogen) atoms. The van der Waals surface area contributed by atoms with Crippen LogP contribution in [0, 0.1) is 13.8 Å². The van der Waals surface area contributed by atoms with E-state index in [0.717, 1.165) is 17.5 Å². The fraction of sp³-hybridized carbons (Fsp3) is 0.176. The van der Waals surface area contributed by atoms with Crippen LogP contribution in [0.1, 0.15) is 11.4 Å².